The highest BCUT2D eigenvalue weighted by Gasteiger charge is 2.18. The quantitative estimate of drug-likeness (QED) is 0.575. The van der Waals surface area contributed by atoms with E-state index in [-0.39, 0.29) is 5.56 Å². The van der Waals surface area contributed by atoms with Crippen molar-refractivity contribution in [1.29, 1.82) is 0 Å². The molecule has 0 saturated carbocycles. The van der Waals surface area contributed by atoms with Crippen LogP contribution in [0.5, 0.6) is 5.88 Å². The van der Waals surface area contributed by atoms with Crippen molar-refractivity contribution in [2.24, 2.45) is 7.05 Å². The van der Waals surface area contributed by atoms with Gasteiger partial charge in [-0.05, 0) is 6.07 Å². The van der Waals surface area contributed by atoms with E-state index in [9.17, 15) is 4.79 Å². The second-order valence-corrected chi connectivity index (χ2v) is 5.62. The highest BCUT2D eigenvalue weighted by molar-refractivity contribution is 5.92. The minimum Gasteiger partial charge on any atom is -0.481 e. The highest BCUT2D eigenvalue weighted by atomic mass is 16.5. The van der Waals surface area contributed by atoms with Crippen molar-refractivity contribution < 1.29 is 9.26 Å². The molecular weight excluding hydrogens is 318 g/mol. The summed E-state index contributed by atoms with van der Waals surface area (Å²) in [4.78, 5) is 17.1. The van der Waals surface area contributed by atoms with Crippen molar-refractivity contribution in [3.63, 3.8) is 0 Å². The zero-order valence-electron chi connectivity index (χ0n) is 13.8. The SMILES string of the molecule is COc1ccc(-c2cc3onc(-c4ccccc4)c3c(=O)n2C)cn1. The van der Waals surface area contributed by atoms with Crippen molar-refractivity contribution in [2.75, 3.05) is 7.11 Å². The first-order valence-corrected chi connectivity index (χ1v) is 7.74. The molecule has 6 heteroatoms. The Labute approximate surface area is 143 Å². The fourth-order valence-corrected chi connectivity index (χ4v) is 2.83. The lowest BCUT2D eigenvalue weighted by Crippen LogP contribution is -2.18. The molecule has 0 radical (unpaired) electrons. The number of benzene rings is 1. The van der Waals surface area contributed by atoms with Gasteiger partial charge in [0.25, 0.3) is 5.56 Å². The number of hydrogen-bond acceptors (Lipinski definition) is 5. The molecule has 124 valence electrons. The Morgan fingerprint density at radius 1 is 1.08 bits per heavy atom. The Morgan fingerprint density at radius 2 is 1.88 bits per heavy atom. The lowest BCUT2D eigenvalue weighted by Gasteiger charge is -2.08. The van der Waals surface area contributed by atoms with E-state index in [1.165, 1.54) is 0 Å². The molecule has 25 heavy (non-hydrogen) atoms. The largest absolute Gasteiger partial charge is 0.481 e. The first kappa shape index (κ1) is 15.1. The molecule has 3 heterocycles. The second-order valence-electron chi connectivity index (χ2n) is 5.62. The van der Waals surface area contributed by atoms with Crippen LogP contribution in [0.4, 0.5) is 0 Å². The first-order chi connectivity index (χ1) is 12.2. The van der Waals surface area contributed by atoms with Gasteiger partial charge in [-0.1, -0.05) is 35.5 Å². The fourth-order valence-electron chi connectivity index (χ4n) is 2.83. The van der Waals surface area contributed by atoms with Crippen molar-refractivity contribution >= 4 is 11.0 Å². The molecule has 0 bridgehead atoms. The van der Waals surface area contributed by atoms with E-state index in [0.29, 0.717) is 28.2 Å². The molecule has 0 aliphatic heterocycles. The maximum absolute atomic E-state index is 12.9. The number of nitrogens with zero attached hydrogens (tertiary/aromatic N) is 3. The van der Waals surface area contributed by atoms with E-state index in [4.69, 9.17) is 9.26 Å². The van der Waals surface area contributed by atoms with Gasteiger partial charge in [-0.15, -0.1) is 0 Å². The normalized spacial score (nSPS) is 11.0. The Kier molecular flexibility index (Phi) is 3.57. The summed E-state index contributed by atoms with van der Waals surface area (Å²) in [6, 6.07) is 14.9. The number of aromatic nitrogens is 3. The van der Waals surface area contributed by atoms with E-state index in [0.717, 1.165) is 11.1 Å². The zero-order chi connectivity index (χ0) is 17.4. The summed E-state index contributed by atoms with van der Waals surface area (Å²) in [5.74, 6) is 0.515. The number of ether oxygens (including phenoxy) is 1. The zero-order valence-corrected chi connectivity index (χ0v) is 13.8. The predicted molar refractivity (Wildman–Crippen MR) is 94.5 cm³/mol. The van der Waals surface area contributed by atoms with Crippen molar-refractivity contribution in [3.05, 3.63) is 65.1 Å². The average molecular weight is 333 g/mol. The van der Waals surface area contributed by atoms with Crippen molar-refractivity contribution in [1.82, 2.24) is 14.7 Å². The minimum atomic E-state index is -0.163. The van der Waals surface area contributed by atoms with Crippen molar-refractivity contribution in [2.45, 2.75) is 0 Å². The summed E-state index contributed by atoms with van der Waals surface area (Å²) < 4.78 is 12.1. The number of rotatable bonds is 3. The van der Waals surface area contributed by atoms with E-state index in [1.54, 1.807) is 37.1 Å². The van der Waals surface area contributed by atoms with Crippen LogP contribution in [0.2, 0.25) is 0 Å². The maximum Gasteiger partial charge on any atom is 0.264 e. The van der Waals surface area contributed by atoms with Crippen LogP contribution in [0.3, 0.4) is 0 Å². The monoisotopic (exact) mass is 333 g/mol. The molecule has 0 N–H and O–H groups in total. The third-order valence-electron chi connectivity index (χ3n) is 4.15. The topological polar surface area (TPSA) is 70.2 Å². The lowest BCUT2D eigenvalue weighted by molar-refractivity contribution is 0.398. The van der Waals surface area contributed by atoms with Crippen LogP contribution >= 0.6 is 0 Å². The molecule has 3 aromatic heterocycles. The second kappa shape index (κ2) is 5.90. The van der Waals surface area contributed by atoms with Gasteiger partial charge < -0.3 is 13.8 Å². The van der Waals surface area contributed by atoms with Gasteiger partial charge in [-0.25, -0.2) is 4.98 Å². The number of methoxy groups -OCH3 is 1. The molecule has 4 rings (SSSR count). The summed E-state index contributed by atoms with van der Waals surface area (Å²) in [6.07, 6.45) is 1.66. The van der Waals surface area contributed by atoms with Crippen LogP contribution in [0.15, 0.2) is 64.0 Å². The highest BCUT2D eigenvalue weighted by Crippen LogP contribution is 2.28. The van der Waals surface area contributed by atoms with Gasteiger partial charge in [0.1, 0.15) is 11.1 Å². The summed E-state index contributed by atoms with van der Waals surface area (Å²) in [5, 5.41) is 4.58. The predicted octanol–water partition coefficient (Wildman–Crippen LogP) is 3.26. The first-order valence-electron chi connectivity index (χ1n) is 7.74. The van der Waals surface area contributed by atoms with Gasteiger partial charge in [-0.3, -0.25) is 4.79 Å². The van der Waals surface area contributed by atoms with E-state index in [2.05, 4.69) is 10.1 Å². The molecule has 6 nitrogen and oxygen atoms in total. The summed E-state index contributed by atoms with van der Waals surface area (Å²) in [6.45, 7) is 0. The third-order valence-corrected chi connectivity index (χ3v) is 4.15. The standard InChI is InChI=1S/C19H15N3O3/c1-22-14(13-8-9-16(24-2)20-11-13)10-15-17(19(22)23)18(21-25-15)12-6-4-3-5-7-12/h3-11H,1-2H3. The van der Waals surface area contributed by atoms with Gasteiger partial charge in [0, 0.05) is 36.5 Å². The molecule has 0 amide bonds. The van der Waals surface area contributed by atoms with Gasteiger partial charge >= 0.3 is 0 Å². The molecule has 4 aromatic rings. The molecule has 1 aromatic carbocycles. The molecule has 0 unspecified atom stereocenters. The van der Waals surface area contributed by atoms with E-state index >= 15 is 0 Å². The summed E-state index contributed by atoms with van der Waals surface area (Å²) in [5.41, 5.74) is 3.17. The average Bonchev–Trinajstić information content (AvgIpc) is 3.09. The third kappa shape index (κ3) is 2.48. The molecular formula is C19H15N3O3. The Morgan fingerprint density at radius 3 is 2.56 bits per heavy atom. The van der Waals surface area contributed by atoms with Crippen molar-refractivity contribution in [3.8, 4) is 28.4 Å². The molecule has 0 atom stereocenters. The van der Waals surface area contributed by atoms with Crippen LogP contribution in [0, 0.1) is 0 Å². The van der Waals surface area contributed by atoms with Gasteiger partial charge in [0.15, 0.2) is 5.58 Å². The molecule has 0 fully saturated rings. The molecule has 0 aliphatic carbocycles. The Bertz CT molecular complexity index is 1100. The molecule has 0 aliphatic rings. The van der Waals surface area contributed by atoms with Crippen LogP contribution < -0.4 is 10.3 Å². The Balaban J connectivity index is 1.92. The molecule has 0 spiro atoms. The van der Waals surface area contributed by atoms with E-state index in [1.807, 2.05) is 36.4 Å². The van der Waals surface area contributed by atoms with E-state index < -0.39 is 0 Å². The van der Waals surface area contributed by atoms with Gasteiger partial charge in [-0.2, -0.15) is 0 Å². The summed E-state index contributed by atoms with van der Waals surface area (Å²) in [7, 11) is 3.28. The number of hydrogen-bond donors (Lipinski definition) is 0. The number of pyridine rings is 2. The van der Waals surface area contributed by atoms with Crippen LogP contribution in [-0.2, 0) is 7.05 Å². The fraction of sp³-hybridized carbons (Fsp3) is 0.105. The van der Waals surface area contributed by atoms with Gasteiger partial charge in [0.2, 0.25) is 5.88 Å². The maximum atomic E-state index is 12.9. The van der Waals surface area contributed by atoms with Crippen LogP contribution in [0.25, 0.3) is 33.5 Å². The molecule has 0 saturated heterocycles. The van der Waals surface area contributed by atoms with Gasteiger partial charge in [0.05, 0.1) is 12.8 Å². The summed E-state index contributed by atoms with van der Waals surface area (Å²) >= 11 is 0. The number of fused-ring (bicyclic) bond motifs is 1. The minimum absolute atomic E-state index is 0.163. The Hall–Kier alpha value is -3.41. The van der Waals surface area contributed by atoms with Crippen LogP contribution in [-0.4, -0.2) is 21.8 Å². The smallest absolute Gasteiger partial charge is 0.264 e. The lowest BCUT2D eigenvalue weighted by atomic mass is 10.1. The van der Waals surface area contributed by atoms with Crippen LogP contribution in [0.1, 0.15) is 0 Å².